The van der Waals surface area contributed by atoms with Gasteiger partial charge in [-0.1, -0.05) is 12.1 Å². The highest BCUT2D eigenvalue weighted by molar-refractivity contribution is 7.15. The third kappa shape index (κ3) is 4.93. The number of carboxylic acid groups (broad SMARTS) is 1. The van der Waals surface area contributed by atoms with Crippen LogP contribution in [0.15, 0.2) is 41.5 Å². The molecule has 0 aliphatic rings. The quantitative estimate of drug-likeness (QED) is 0.629. The number of hydrazone groups is 1. The minimum Gasteiger partial charge on any atom is -0.484 e. The molecule has 0 radical (unpaired) electrons. The van der Waals surface area contributed by atoms with E-state index in [1.807, 2.05) is 25.1 Å². The molecule has 7 heteroatoms. The number of aryl methyl sites for hydroxylation is 1. The number of aromatic carboxylic acids is 1. The summed E-state index contributed by atoms with van der Waals surface area (Å²) in [5.74, 6) is -0.754. The van der Waals surface area contributed by atoms with E-state index in [1.165, 1.54) is 6.07 Å². The van der Waals surface area contributed by atoms with Crippen LogP contribution in [-0.4, -0.2) is 29.3 Å². The molecular formula is C16H16N2O4S. The number of nitrogens with one attached hydrogen (secondary N) is 1. The number of thiophene rings is 1. The number of rotatable bonds is 6. The van der Waals surface area contributed by atoms with Gasteiger partial charge in [0.05, 0.1) is 10.6 Å². The summed E-state index contributed by atoms with van der Waals surface area (Å²) in [6.45, 7) is 3.48. The second-order valence-electron chi connectivity index (χ2n) is 4.81. The molecule has 0 fully saturated rings. The predicted molar refractivity (Wildman–Crippen MR) is 88.3 cm³/mol. The fourth-order valence-electron chi connectivity index (χ4n) is 1.73. The van der Waals surface area contributed by atoms with E-state index in [0.29, 0.717) is 16.3 Å². The maximum atomic E-state index is 11.7. The maximum absolute atomic E-state index is 11.7. The van der Waals surface area contributed by atoms with Crippen LogP contribution in [0.5, 0.6) is 5.75 Å². The molecule has 120 valence electrons. The first kappa shape index (κ1) is 16.7. The Bertz CT molecular complexity index is 752. The Labute approximate surface area is 137 Å². The van der Waals surface area contributed by atoms with Gasteiger partial charge in [-0.15, -0.1) is 11.3 Å². The van der Waals surface area contributed by atoms with Gasteiger partial charge >= 0.3 is 5.97 Å². The minimum atomic E-state index is -0.982. The lowest BCUT2D eigenvalue weighted by Gasteiger charge is -2.06. The summed E-state index contributed by atoms with van der Waals surface area (Å²) in [6.07, 6.45) is 0. The monoisotopic (exact) mass is 332 g/mol. The SMILES string of the molecule is CC(=NNC(=O)COc1cccc(C)c1)c1ccc(C(=O)O)s1. The normalized spacial score (nSPS) is 11.1. The van der Waals surface area contributed by atoms with Crippen LogP contribution in [0.25, 0.3) is 0 Å². The van der Waals surface area contributed by atoms with E-state index in [4.69, 9.17) is 9.84 Å². The number of carbonyl (C=O) groups excluding carboxylic acids is 1. The standard InChI is InChI=1S/C16H16N2O4S/c1-10-4-3-5-12(8-10)22-9-15(19)18-17-11(2)13-6-7-14(23-13)16(20)21/h3-8H,9H2,1-2H3,(H,18,19)(H,20,21). The van der Waals surface area contributed by atoms with E-state index >= 15 is 0 Å². The lowest BCUT2D eigenvalue weighted by molar-refractivity contribution is -0.123. The third-order valence-electron chi connectivity index (χ3n) is 2.88. The molecule has 23 heavy (non-hydrogen) atoms. The van der Waals surface area contributed by atoms with Gasteiger partial charge in [0.25, 0.3) is 5.91 Å². The van der Waals surface area contributed by atoms with Gasteiger partial charge in [-0.05, 0) is 43.7 Å². The van der Waals surface area contributed by atoms with Crippen LogP contribution in [-0.2, 0) is 4.79 Å². The molecule has 2 rings (SSSR count). The summed E-state index contributed by atoms with van der Waals surface area (Å²) in [7, 11) is 0. The smallest absolute Gasteiger partial charge is 0.345 e. The average Bonchev–Trinajstić information content (AvgIpc) is 3.01. The molecule has 0 saturated heterocycles. The van der Waals surface area contributed by atoms with Crippen LogP contribution in [0.3, 0.4) is 0 Å². The van der Waals surface area contributed by atoms with Crippen molar-refractivity contribution in [3.63, 3.8) is 0 Å². The van der Waals surface area contributed by atoms with E-state index < -0.39 is 5.97 Å². The maximum Gasteiger partial charge on any atom is 0.345 e. The molecule has 1 aromatic carbocycles. The molecule has 1 amide bonds. The van der Waals surface area contributed by atoms with Gasteiger partial charge in [0, 0.05) is 0 Å². The zero-order valence-electron chi connectivity index (χ0n) is 12.7. The van der Waals surface area contributed by atoms with Gasteiger partial charge in [0.15, 0.2) is 6.61 Å². The highest BCUT2D eigenvalue weighted by Crippen LogP contribution is 2.17. The highest BCUT2D eigenvalue weighted by Gasteiger charge is 2.09. The lowest BCUT2D eigenvalue weighted by Crippen LogP contribution is -2.25. The van der Waals surface area contributed by atoms with Crippen molar-refractivity contribution in [3.05, 3.63) is 51.7 Å². The first-order valence-electron chi connectivity index (χ1n) is 6.82. The molecule has 2 N–H and O–H groups in total. The van der Waals surface area contributed by atoms with Crippen molar-refractivity contribution >= 4 is 28.9 Å². The summed E-state index contributed by atoms with van der Waals surface area (Å²) in [5, 5.41) is 12.8. The number of hydrogen-bond acceptors (Lipinski definition) is 5. The Hall–Kier alpha value is -2.67. The van der Waals surface area contributed by atoms with Crippen LogP contribution >= 0.6 is 11.3 Å². The number of carboxylic acids is 1. The Balaban J connectivity index is 1.88. The number of ether oxygens (including phenoxy) is 1. The topological polar surface area (TPSA) is 88.0 Å². The van der Waals surface area contributed by atoms with Crippen LogP contribution in [0.1, 0.15) is 27.0 Å². The fourth-order valence-corrected chi connectivity index (χ4v) is 2.52. The van der Waals surface area contributed by atoms with E-state index in [-0.39, 0.29) is 17.4 Å². The second kappa shape index (κ2) is 7.55. The van der Waals surface area contributed by atoms with Gasteiger partial charge in [0.1, 0.15) is 10.6 Å². The lowest BCUT2D eigenvalue weighted by atomic mass is 10.2. The summed E-state index contributed by atoms with van der Waals surface area (Å²) in [5.41, 5.74) is 3.97. The zero-order chi connectivity index (χ0) is 16.8. The fraction of sp³-hybridized carbons (Fsp3) is 0.188. The van der Waals surface area contributed by atoms with E-state index in [0.717, 1.165) is 16.9 Å². The molecule has 0 bridgehead atoms. The van der Waals surface area contributed by atoms with Gasteiger partial charge in [0.2, 0.25) is 0 Å². The van der Waals surface area contributed by atoms with Crippen LogP contribution in [0.4, 0.5) is 0 Å². The minimum absolute atomic E-state index is 0.148. The molecule has 0 atom stereocenters. The summed E-state index contributed by atoms with van der Waals surface area (Å²) >= 11 is 1.10. The van der Waals surface area contributed by atoms with Gasteiger partial charge in [-0.2, -0.15) is 5.10 Å². The summed E-state index contributed by atoms with van der Waals surface area (Å²) in [4.78, 5) is 23.5. The summed E-state index contributed by atoms with van der Waals surface area (Å²) in [6, 6.07) is 10.6. The van der Waals surface area contributed by atoms with Crippen LogP contribution in [0.2, 0.25) is 0 Å². The van der Waals surface area contributed by atoms with Crippen molar-refractivity contribution in [1.82, 2.24) is 5.43 Å². The average molecular weight is 332 g/mol. The van der Waals surface area contributed by atoms with E-state index in [9.17, 15) is 9.59 Å². The number of amides is 1. The molecule has 6 nitrogen and oxygen atoms in total. The Morgan fingerprint density at radius 2 is 2.00 bits per heavy atom. The molecule has 1 heterocycles. The van der Waals surface area contributed by atoms with Gasteiger partial charge in [-0.3, -0.25) is 4.79 Å². The highest BCUT2D eigenvalue weighted by atomic mass is 32.1. The molecule has 0 aliphatic heterocycles. The third-order valence-corrected chi connectivity index (χ3v) is 4.06. The first-order chi connectivity index (χ1) is 11.0. The largest absolute Gasteiger partial charge is 0.484 e. The van der Waals surface area contributed by atoms with Gasteiger partial charge in [-0.25, -0.2) is 10.2 Å². The van der Waals surface area contributed by atoms with Crippen molar-refractivity contribution in [3.8, 4) is 5.75 Å². The second-order valence-corrected chi connectivity index (χ2v) is 5.89. The van der Waals surface area contributed by atoms with Crippen LogP contribution in [0, 0.1) is 6.92 Å². The Morgan fingerprint density at radius 1 is 1.26 bits per heavy atom. The zero-order valence-corrected chi connectivity index (χ0v) is 13.5. The van der Waals surface area contributed by atoms with E-state index in [2.05, 4.69) is 10.5 Å². The predicted octanol–water partition coefficient (Wildman–Crippen LogP) is 2.67. The van der Waals surface area contributed by atoms with E-state index in [1.54, 1.807) is 19.1 Å². The molecule has 0 spiro atoms. The van der Waals surface area contributed by atoms with Crippen molar-refractivity contribution < 1.29 is 19.4 Å². The first-order valence-corrected chi connectivity index (χ1v) is 7.63. The van der Waals surface area contributed by atoms with Crippen molar-refractivity contribution in [2.24, 2.45) is 5.10 Å². The molecule has 0 saturated carbocycles. The van der Waals surface area contributed by atoms with Crippen molar-refractivity contribution in [2.75, 3.05) is 6.61 Å². The number of carbonyl (C=O) groups is 2. The molecule has 1 aromatic heterocycles. The molecule has 0 aliphatic carbocycles. The van der Waals surface area contributed by atoms with Crippen molar-refractivity contribution in [1.29, 1.82) is 0 Å². The summed E-state index contributed by atoms with van der Waals surface area (Å²) < 4.78 is 5.37. The Kier molecular flexibility index (Phi) is 5.48. The number of nitrogens with zero attached hydrogens (tertiary/aromatic N) is 1. The van der Waals surface area contributed by atoms with Crippen LogP contribution < -0.4 is 10.2 Å². The number of benzene rings is 1. The molecular weight excluding hydrogens is 316 g/mol. The van der Waals surface area contributed by atoms with Crippen molar-refractivity contribution in [2.45, 2.75) is 13.8 Å². The number of hydrogen-bond donors (Lipinski definition) is 2. The molecule has 2 aromatic rings. The Morgan fingerprint density at radius 3 is 2.65 bits per heavy atom. The van der Waals surface area contributed by atoms with Gasteiger partial charge < -0.3 is 9.84 Å². The molecule has 0 unspecified atom stereocenters.